The summed E-state index contributed by atoms with van der Waals surface area (Å²) < 4.78 is 22.5. The number of hydrogen-bond donors (Lipinski definition) is 2. The van der Waals surface area contributed by atoms with Gasteiger partial charge in [-0.15, -0.1) is 0 Å². The molecule has 3 aliphatic rings. The molecule has 0 atom stereocenters. The number of aromatic nitrogens is 2. The summed E-state index contributed by atoms with van der Waals surface area (Å²) in [7, 11) is 1.80. The molecule has 1 saturated heterocycles. The summed E-state index contributed by atoms with van der Waals surface area (Å²) in [6.45, 7) is 3.35. The van der Waals surface area contributed by atoms with Crippen molar-refractivity contribution in [1.82, 2.24) is 20.0 Å². The first-order chi connectivity index (χ1) is 19.3. The molecular weight excluding hydrogens is 535 g/mol. The van der Waals surface area contributed by atoms with E-state index in [1.165, 1.54) is 29.9 Å². The summed E-state index contributed by atoms with van der Waals surface area (Å²) in [5.74, 6) is 0.427. The van der Waals surface area contributed by atoms with Crippen molar-refractivity contribution in [2.45, 2.75) is 44.9 Å². The van der Waals surface area contributed by atoms with Crippen molar-refractivity contribution >= 4 is 40.8 Å². The van der Waals surface area contributed by atoms with Gasteiger partial charge in [-0.2, -0.15) is 5.10 Å². The third kappa shape index (κ3) is 5.78. The lowest BCUT2D eigenvalue weighted by Crippen LogP contribution is -2.40. The Morgan fingerprint density at radius 2 is 1.95 bits per heavy atom. The van der Waals surface area contributed by atoms with Crippen molar-refractivity contribution < 1.29 is 18.7 Å². The van der Waals surface area contributed by atoms with Gasteiger partial charge >= 0.3 is 6.09 Å². The fourth-order valence-electron chi connectivity index (χ4n) is 5.40. The number of nitrogens with zero attached hydrogens (tertiary/aromatic N) is 4. The minimum Gasteiger partial charge on any atom is -0.446 e. The number of likely N-dealkylation sites (tertiary alicyclic amines) is 1. The Morgan fingerprint density at radius 1 is 1.15 bits per heavy atom. The topological polar surface area (TPSA) is 91.7 Å². The first-order valence-electron chi connectivity index (χ1n) is 13.7. The molecule has 9 nitrogen and oxygen atoms in total. The van der Waals surface area contributed by atoms with Crippen LogP contribution in [0.15, 0.2) is 42.6 Å². The summed E-state index contributed by atoms with van der Waals surface area (Å²) in [4.78, 5) is 30.0. The van der Waals surface area contributed by atoms with Gasteiger partial charge in [-0.1, -0.05) is 17.7 Å². The molecule has 2 aromatic carbocycles. The zero-order valence-electron chi connectivity index (χ0n) is 22.3. The number of anilines is 3. The van der Waals surface area contributed by atoms with Gasteiger partial charge in [0.2, 0.25) is 0 Å². The standard InChI is InChI=1S/C29H32ClFN6O3/c1-35-27-20(15-33-35)17-37(26-7-5-21(30)13-25(26)34-27)28(38)23-6-4-19(12-24(23)31)14-32-29(39)40-22-8-10-36(11-9-22)16-18-2-3-18/h4-7,12-13,15,18,22,34H,2-3,8-11,14,16-17H2,1H3,(H,32,39). The summed E-state index contributed by atoms with van der Waals surface area (Å²) in [6, 6.07) is 9.52. The van der Waals surface area contributed by atoms with Crippen molar-refractivity contribution in [1.29, 1.82) is 0 Å². The number of ether oxygens (including phenoxy) is 1. The Morgan fingerprint density at radius 3 is 2.70 bits per heavy atom. The third-order valence-corrected chi connectivity index (χ3v) is 8.05. The summed E-state index contributed by atoms with van der Waals surface area (Å²) >= 11 is 6.22. The number of carbonyl (C=O) groups is 2. The van der Waals surface area contributed by atoms with Crippen LogP contribution in [0.4, 0.5) is 26.4 Å². The molecule has 0 unspecified atom stereocenters. The molecule has 0 spiro atoms. The number of hydrogen-bond acceptors (Lipinski definition) is 6. The Balaban J connectivity index is 1.09. The molecule has 210 valence electrons. The first kappa shape index (κ1) is 26.6. The number of benzene rings is 2. The molecule has 1 saturated carbocycles. The molecule has 2 amide bonds. The lowest BCUT2D eigenvalue weighted by Gasteiger charge is -2.31. The van der Waals surface area contributed by atoms with Gasteiger partial charge in [0.15, 0.2) is 0 Å². The molecule has 40 heavy (non-hydrogen) atoms. The molecule has 3 aromatic rings. The summed E-state index contributed by atoms with van der Waals surface area (Å²) in [5.41, 5.74) is 2.45. The van der Waals surface area contributed by atoms with Crippen molar-refractivity contribution in [3.63, 3.8) is 0 Å². The van der Waals surface area contributed by atoms with E-state index in [1.807, 2.05) is 0 Å². The third-order valence-electron chi connectivity index (χ3n) is 7.81. The molecule has 0 bridgehead atoms. The number of halogens is 2. The summed E-state index contributed by atoms with van der Waals surface area (Å²) in [5, 5.41) is 10.8. The van der Waals surface area contributed by atoms with E-state index in [-0.39, 0.29) is 24.8 Å². The number of nitrogens with one attached hydrogen (secondary N) is 2. The second-order valence-electron chi connectivity index (χ2n) is 10.8. The molecule has 2 N–H and O–H groups in total. The fourth-order valence-corrected chi connectivity index (χ4v) is 5.57. The lowest BCUT2D eigenvalue weighted by molar-refractivity contribution is 0.0493. The van der Waals surface area contributed by atoms with Crippen molar-refractivity contribution in [3.05, 3.63) is 70.1 Å². The highest BCUT2D eigenvalue weighted by Gasteiger charge is 2.30. The minimum atomic E-state index is -0.667. The van der Waals surface area contributed by atoms with Crippen molar-refractivity contribution in [2.75, 3.05) is 29.9 Å². The predicted octanol–water partition coefficient (Wildman–Crippen LogP) is 5.22. The second kappa shape index (κ2) is 11.1. The highest BCUT2D eigenvalue weighted by atomic mass is 35.5. The average molecular weight is 567 g/mol. The van der Waals surface area contributed by atoms with Gasteiger partial charge in [0.1, 0.15) is 17.7 Å². The number of piperidine rings is 1. The number of carbonyl (C=O) groups excluding carboxylic acids is 2. The maximum Gasteiger partial charge on any atom is 0.407 e. The smallest absolute Gasteiger partial charge is 0.407 e. The van der Waals surface area contributed by atoms with Crippen LogP contribution in [0.5, 0.6) is 0 Å². The molecule has 2 fully saturated rings. The average Bonchev–Trinajstić information content (AvgIpc) is 3.72. The fraction of sp³-hybridized carbons (Fsp3) is 0.414. The van der Waals surface area contributed by atoms with Gasteiger partial charge in [0.05, 0.1) is 29.7 Å². The van der Waals surface area contributed by atoms with Crippen molar-refractivity contribution in [3.8, 4) is 0 Å². The van der Waals surface area contributed by atoms with Crippen LogP contribution in [-0.2, 0) is 24.9 Å². The number of aryl methyl sites for hydroxylation is 1. The van der Waals surface area contributed by atoms with Crippen LogP contribution in [0.1, 0.15) is 47.2 Å². The Bertz CT molecular complexity index is 1430. The van der Waals surface area contributed by atoms with Gasteiger partial charge in [0, 0.05) is 43.8 Å². The van der Waals surface area contributed by atoms with E-state index in [4.69, 9.17) is 16.3 Å². The van der Waals surface area contributed by atoms with Gasteiger partial charge in [-0.3, -0.25) is 9.48 Å². The number of alkyl carbamates (subject to hydrolysis) is 1. The molecule has 1 aromatic heterocycles. The zero-order valence-corrected chi connectivity index (χ0v) is 23.1. The molecule has 2 aliphatic heterocycles. The van der Waals surface area contributed by atoms with Crippen LogP contribution < -0.4 is 15.5 Å². The Kier molecular flexibility index (Phi) is 7.37. The van der Waals surface area contributed by atoms with Gasteiger partial charge < -0.3 is 25.2 Å². The van der Waals surface area contributed by atoms with E-state index in [9.17, 15) is 9.59 Å². The maximum atomic E-state index is 15.3. The van der Waals surface area contributed by atoms with E-state index in [0.717, 1.165) is 49.8 Å². The van der Waals surface area contributed by atoms with E-state index >= 15 is 4.39 Å². The first-order valence-corrected chi connectivity index (χ1v) is 14.1. The summed E-state index contributed by atoms with van der Waals surface area (Å²) in [6.07, 6.45) is 5.38. The number of rotatable bonds is 6. The minimum absolute atomic E-state index is 0.0717. The zero-order chi connectivity index (χ0) is 27.8. The van der Waals surface area contributed by atoms with E-state index < -0.39 is 17.8 Å². The Hall–Kier alpha value is -3.63. The highest BCUT2D eigenvalue weighted by Crippen LogP contribution is 2.38. The molecule has 11 heteroatoms. The van der Waals surface area contributed by atoms with Crippen LogP contribution >= 0.6 is 11.6 Å². The largest absolute Gasteiger partial charge is 0.446 e. The van der Waals surface area contributed by atoms with Crippen LogP contribution in [0.25, 0.3) is 0 Å². The number of amides is 2. The lowest BCUT2D eigenvalue weighted by atomic mass is 10.1. The SMILES string of the molecule is Cn1ncc2c1Nc1cc(Cl)ccc1N(C(=O)c1ccc(CNC(=O)OC3CCN(CC4CC4)CC3)cc1F)C2. The van der Waals surface area contributed by atoms with Crippen LogP contribution in [0, 0.1) is 11.7 Å². The normalized spacial score (nSPS) is 17.4. The number of fused-ring (bicyclic) bond motifs is 2. The molecule has 1 aliphatic carbocycles. The molecule has 3 heterocycles. The monoisotopic (exact) mass is 566 g/mol. The molecule has 6 rings (SSSR count). The van der Waals surface area contributed by atoms with Crippen LogP contribution in [-0.4, -0.2) is 52.4 Å². The second-order valence-corrected chi connectivity index (χ2v) is 11.3. The van der Waals surface area contributed by atoms with Gasteiger partial charge in [-0.25, -0.2) is 9.18 Å². The molecule has 0 radical (unpaired) electrons. The predicted molar refractivity (Wildman–Crippen MR) is 150 cm³/mol. The highest BCUT2D eigenvalue weighted by molar-refractivity contribution is 6.31. The van der Waals surface area contributed by atoms with E-state index in [0.29, 0.717) is 22.0 Å². The van der Waals surface area contributed by atoms with Crippen LogP contribution in [0.3, 0.4) is 0 Å². The van der Waals surface area contributed by atoms with E-state index in [2.05, 4.69) is 20.6 Å². The maximum absolute atomic E-state index is 15.3. The van der Waals surface area contributed by atoms with Gasteiger partial charge in [-0.05, 0) is 67.5 Å². The van der Waals surface area contributed by atoms with Gasteiger partial charge in [0.25, 0.3) is 5.91 Å². The van der Waals surface area contributed by atoms with Crippen molar-refractivity contribution in [2.24, 2.45) is 13.0 Å². The van der Waals surface area contributed by atoms with Crippen LogP contribution in [0.2, 0.25) is 5.02 Å². The molecular formula is C29H32ClFN6O3. The quantitative estimate of drug-likeness (QED) is 0.425. The Labute approximate surface area is 237 Å². The van der Waals surface area contributed by atoms with E-state index in [1.54, 1.807) is 42.2 Å².